The molecule has 0 spiro atoms. The number of aliphatic hydroxyl groups is 1. The lowest BCUT2D eigenvalue weighted by atomic mass is 10.1. The molecule has 1 atom stereocenters. The Bertz CT molecular complexity index is 434. The van der Waals surface area contributed by atoms with Gasteiger partial charge in [0.2, 0.25) is 0 Å². The summed E-state index contributed by atoms with van der Waals surface area (Å²) in [6.07, 6.45) is 0.229. The zero-order valence-corrected chi connectivity index (χ0v) is 9.72. The van der Waals surface area contributed by atoms with Crippen molar-refractivity contribution in [1.82, 2.24) is 4.90 Å². The highest BCUT2D eigenvalue weighted by Gasteiger charge is 2.25. The number of methoxy groups -OCH3 is 1. The highest BCUT2D eigenvalue weighted by molar-refractivity contribution is 5.95. The van der Waals surface area contributed by atoms with Crippen LogP contribution in [0.4, 0.5) is 5.69 Å². The van der Waals surface area contributed by atoms with Crippen LogP contribution in [0.15, 0.2) is 18.2 Å². The summed E-state index contributed by atoms with van der Waals surface area (Å²) in [5, 5.41) is 9.40. The molecule has 1 unspecified atom stereocenters. The van der Waals surface area contributed by atoms with E-state index < -0.39 is 6.10 Å². The van der Waals surface area contributed by atoms with Crippen LogP contribution in [-0.2, 0) is 0 Å². The van der Waals surface area contributed by atoms with Gasteiger partial charge < -0.3 is 20.5 Å². The standard InChI is InChI=1S/C12H16N2O3/c1-17-11-6-8(2-3-10(11)13)12(16)14-5-4-9(15)7-14/h2-3,6,9,15H,4-5,7,13H2,1H3. The molecule has 1 aliphatic rings. The van der Waals surface area contributed by atoms with E-state index in [0.717, 1.165) is 0 Å². The molecule has 1 amide bonds. The first-order chi connectivity index (χ1) is 8.11. The fraction of sp³-hybridized carbons (Fsp3) is 0.417. The molecular formula is C12H16N2O3. The number of nitrogens with two attached hydrogens (primary N) is 1. The van der Waals surface area contributed by atoms with Crippen LogP contribution in [0.5, 0.6) is 5.75 Å². The second-order valence-electron chi connectivity index (χ2n) is 4.15. The fourth-order valence-electron chi connectivity index (χ4n) is 1.95. The number of aliphatic hydroxyl groups excluding tert-OH is 1. The molecule has 3 N–H and O–H groups in total. The molecule has 0 aromatic heterocycles. The Balaban J connectivity index is 2.19. The van der Waals surface area contributed by atoms with Gasteiger partial charge in [-0.25, -0.2) is 0 Å². The van der Waals surface area contributed by atoms with Crippen molar-refractivity contribution in [1.29, 1.82) is 0 Å². The van der Waals surface area contributed by atoms with Crippen LogP contribution in [0.2, 0.25) is 0 Å². The van der Waals surface area contributed by atoms with E-state index in [1.54, 1.807) is 23.1 Å². The predicted molar refractivity (Wildman–Crippen MR) is 63.9 cm³/mol. The first-order valence-electron chi connectivity index (χ1n) is 5.52. The Kier molecular flexibility index (Phi) is 3.19. The van der Waals surface area contributed by atoms with Crippen LogP contribution in [0.1, 0.15) is 16.8 Å². The summed E-state index contributed by atoms with van der Waals surface area (Å²) in [5.41, 5.74) is 6.72. The Morgan fingerprint density at radius 1 is 1.59 bits per heavy atom. The highest BCUT2D eigenvalue weighted by Crippen LogP contribution is 2.23. The van der Waals surface area contributed by atoms with Gasteiger partial charge in [0.15, 0.2) is 0 Å². The second-order valence-corrected chi connectivity index (χ2v) is 4.15. The Morgan fingerprint density at radius 3 is 2.94 bits per heavy atom. The van der Waals surface area contributed by atoms with Crippen molar-refractivity contribution in [3.63, 3.8) is 0 Å². The van der Waals surface area contributed by atoms with E-state index in [0.29, 0.717) is 36.5 Å². The van der Waals surface area contributed by atoms with Gasteiger partial charge in [-0.15, -0.1) is 0 Å². The number of carbonyl (C=O) groups excluding carboxylic acids is 1. The second kappa shape index (κ2) is 4.63. The van der Waals surface area contributed by atoms with E-state index in [1.807, 2.05) is 0 Å². The van der Waals surface area contributed by atoms with E-state index >= 15 is 0 Å². The van der Waals surface area contributed by atoms with Crippen molar-refractivity contribution >= 4 is 11.6 Å². The van der Waals surface area contributed by atoms with E-state index in [9.17, 15) is 9.90 Å². The third-order valence-corrected chi connectivity index (χ3v) is 2.93. The zero-order chi connectivity index (χ0) is 12.4. The maximum absolute atomic E-state index is 12.1. The number of carbonyl (C=O) groups is 1. The molecule has 17 heavy (non-hydrogen) atoms. The van der Waals surface area contributed by atoms with Gasteiger partial charge in [-0.1, -0.05) is 0 Å². The van der Waals surface area contributed by atoms with Crippen molar-refractivity contribution in [2.45, 2.75) is 12.5 Å². The summed E-state index contributed by atoms with van der Waals surface area (Å²) in [4.78, 5) is 13.7. The average Bonchev–Trinajstić information content (AvgIpc) is 2.75. The summed E-state index contributed by atoms with van der Waals surface area (Å²) < 4.78 is 5.07. The fourth-order valence-corrected chi connectivity index (χ4v) is 1.95. The third-order valence-electron chi connectivity index (χ3n) is 2.93. The molecule has 5 nitrogen and oxygen atoms in total. The maximum atomic E-state index is 12.1. The lowest BCUT2D eigenvalue weighted by molar-refractivity contribution is 0.0764. The van der Waals surface area contributed by atoms with Crippen molar-refractivity contribution in [2.75, 3.05) is 25.9 Å². The largest absolute Gasteiger partial charge is 0.495 e. The minimum atomic E-state index is -0.408. The number of ether oxygens (including phenoxy) is 1. The van der Waals surface area contributed by atoms with Crippen LogP contribution < -0.4 is 10.5 Å². The van der Waals surface area contributed by atoms with Gasteiger partial charge in [0.1, 0.15) is 5.75 Å². The number of hydrogen-bond acceptors (Lipinski definition) is 4. The Labute approximate surface area is 99.8 Å². The number of nitrogen functional groups attached to an aromatic ring is 1. The molecule has 2 rings (SSSR count). The number of nitrogens with zero attached hydrogens (tertiary/aromatic N) is 1. The number of likely N-dealkylation sites (tertiary alicyclic amines) is 1. The molecule has 0 radical (unpaired) electrons. The quantitative estimate of drug-likeness (QED) is 0.732. The molecule has 1 aromatic carbocycles. The number of hydrogen-bond donors (Lipinski definition) is 2. The molecule has 1 heterocycles. The van der Waals surface area contributed by atoms with Crippen LogP contribution >= 0.6 is 0 Å². The number of benzene rings is 1. The van der Waals surface area contributed by atoms with Gasteiger partial charge in [-0.3, -0.25) is 4.79 Å². The third kappa shape index (κ3) is 2.34. The van der Waals surface area contributed by atoms with E-state index in [2.05, 4.69) is 0 Å². The summed E-state index contributed by atoms with van der Waals surface area (Å²) in [7, 11) is 1.51. The first kappa shape index (κ1) is 11.7. The maximum Gasteiger partial charge on any atom is 0.254 e. The van der Waals surface area contributed by atoms with Crippen molar-refractivity contribution in [2.24, 2.45) is 0 Å². The molecule has 1 saturated heterocycles. The van der Waals surface area contributed by atoms with Crippen LogP contribution in [0.3, 0.4) is 0 Å². The Morgan fingerprint density at radius 2 is 2.35 bits per heavy atom. The molecule has 92 valence electrons. The lowest BCUT2D eigenvalue weighted by Crippen LogP contribution is -2.29. The molecule has 5 heteroatoms. The predicted octanol–water partition coefficient (Wildman–Crippen LogP) is 0.484. The van der Waals surface area contributed by atoms with E-state index in [-0.39, 0.29) is 5.91 Å². The number of rotatable bonds is 2. The minimum absolute atomic E-state index is 0.0974. The number of amides is 1. The minimum Gasteiger partial charge on any atom is -0.495 e. The molecule has 1 fully saturated rings. The van der Waals surface area contributed by atoms with Gasteiger partial charge in [0.05, 0.1) is 18.9 Å². The van der Waals surface area contributed by atoms with E-state index in [4.69, 9.17) is 10.5 Å². The monoisotopic (exact) mass is 236 g/mol. The normalized spacial score (nSPS) is 19.4. The number of anilines is 1. The van der Waals surface area contributed by atoms with Gasteiger partial charge in [0.25, 0.3) is 5.91 Å². The zero-order valence-electron chi connectivity index (χ0n) is 9.72. The lowest BCUT2D eigenvalue weighted by Gasteiger charge is -2.16. The summed E-state index contributed by atoms with van der Waals surface area (Å²) in [6, 6.07) is 4.95. The van der Waals surface area contributed by atoms with Gasteiger partial charge in [-0.2, -0.15) is 0 Å². The molecule has 0 saturated carbocycles. The summed E-state index contributed by atoms with van der Waals surface area (Å²) >= 11 is 0. The van der Waals surface area contributed by atoms with Crippen molar-refractivity contribution in [3.05, 3.63) is 23.8 Å². The smallest absolute Gasteiger partial charge is 0.254 e. The van der Waals surface area contributed by atoms with Gasteiger partial charge in [-0.05, 0) is 24.6 Å². The van der Waals surface area contributed by atoms with Gasteiger partial charge in [0, 0.05) is 18.7 Å². The SMILES string of the molecule is COc1cc(C(=O)N2CCC(O)C2)ccc1N. The molecular weight excluding hydrogens is 220 g/mol. The van der Waals surface area contributed by atoms with Crippen molar-refractivity contribution < 1.29 is 14.6 Å². The average molecular weight is 236 g/mol. The van der Waals surface area contributed by atoms with Crippen LogP contribution in [0.25, 0.3) is 0 Å². The molecule has 0 bridgehead atoms. The first-order valence-corrected chi connectivity index (χ1v) is 5.52. The topological polar surface area (TPSA) is 75.8 Å². The summed E-state index contributed by atoms with van der Waals surface area (Å²) in [6.45, 7) is 0.984. The number of β-amino-alcohol motifs (C(OH)–C–C–N with tert-alkyl or cyclic N) is 1. The molecule has 1 aliphatic heterocycles. The van der Waals surface area contributed by atoms with E-state index in [1.165, 1.54) is 7.11 Å². The van der Waals surface area contributed by atoms with Crippen LogP contribution in [-0.4, -0.2) is 42.2 Å². The van der Waals surface area contributed by atoms with Gasteiger partial charge >= 0.3 is 0 Å². The van der Waals surface area contributed by atoms with Crippen molar-refractivity contribution in [3.8, 4) is 5.75 Å². The summed E-state index contributed by atoms with van der Waals surface area (Å²) in [5.74, 6) is 0.399. The highest BCUT2D eigenvalue weighted by atomic mass is 16.5. The molecule has 1 aromatic rings. The molecule has 0 aliphatic carbocycles. The van der Waals surface area contributed by atoms with Crippen LogP contribution in [0, 0.1) is 0 Å². The Hall–Kier alpha value is -1.75.